The Labute approximate surface area is 167 Å². The van der Waals surface area contributed by atoms with Crippen LogP contribution in [0.2, 0.25) is 0 Å². The van der Waals surface area contributed by atoms with Crippen molar-refractivity contribution in [1.29, 1.82) is 0 Å². The number of amides is 1. The van der Waals surface area contributed by atoms with E-state index in [2.05, 4.69) is 30.0 Å². The summed E-state index contributed by atoms with van der Waals surface area (Å²) in [6, 6.07) is 18.5. The van der Waals surface area contributed by atoms with Gasteiger partial charge in [-0.25, -0.2) is 0 Å². The van der Waals surface area contributed by atoms with Gasteiger partial charge in [-0.05, 0) is 68.8 Å². The number of carbonyl (C=O) groups excluding carboxylic acids is 1. The van der Waals surface area contributed by atoms with Crippen LogP contribution in [0.25, 0.3) is 0 Å². The summed E-state index contributed by atoms with van der Waals surface area (Å²) in [5.41, 5.74) is 3.36. The van der Waals surface area contributed by atoms with Crippen LogP contribution in [0.4, 0.5) is 5.69 Å². The minimum atomic E-state index is -0.409. The SMILES string of the molecule is CC1CCc2ccccc2N1C(=O)CN1CCC(C(O)c2ccccc2)CC1. The van der Waals surface area contributed by atoms with Crippen molar-refractivity contribution in [2.24, 2.45) is 5.92 Å². The van der Waals surface area contributed by atoms with Crippen LogP contribution < -0.4 is 4.90 Å². The van der Waals surface area contributed by atoms with E-state index < -0.39 is 6.10 Å². The van der Waals surface area contributed by atoms with Gasteiger partial charge in [-0.15, -0.1) is 0 Å². The Morgan fingerprint density at radius 1 is 1.04 bits per heavy atom. The second kappa shape index (κ2) is 8.46. The molecule has 2 heterocycles. The number of para-hydroxylation sites is 1. The van der Waals surface area contributed by atoms with Gasteiger partial charge < -0.3 is 10.0 Å². The van der Waals surface area contributed by atoms with Gasteiger partial charge in [0.05, 0.1) is 12.6 Å². The molecule has 4 heteroatoms. The standard InChI is InChI=1S/C24H30N2O2/c1-18-11-12-19-7-5-6-10-22(19)26(18)23(27)17-25-15-13-21(14-16-25)24(28)20-8-3-2-4-9-20/h2-10,18,21,24,28H,11-17H2,1H3. The van der Waals surface area contributed by atoms with E-state index in [1.54, 1.807) is 0 Å². The van der Waals surface area contributed by atoms with Crippen molar-refractivity contribution in [3.8, 4) is 0 Å². The van der Waals surface area contributed by atoms with Gasteiger partial charge in [0.2, 0.25) is 5.91 Å². The summed E-state index contributed by atoms with van der Waals surface area (Å²) in [7, 11) is 0. The number of anilines is 1. The van der Waals surface area contributed by atoms with Gasteiger partial charge in [0.15, 0.2) is 0 Å². The zero-order chi connectivity index (χ0) is 19.5. The van der Waals surface area contributed by atoms with E-state index in [1.807, 2.05) is 41.3 Å². The number of nitrogens with zero attached hydrogens (tertiary/aromatic N) is 2. The third kappa shape index (κ3) is 3.98. The predicted molar refractivity (Wildman–Crippen MR) is 112 cm³/mol. The number of rotatable bonds is 4. The van der Waals surface area contributed by atoms with Crippen molar-refractivity contribution in [3.05, 3.63) is 65.7 Å². The lowest BCUT2D eigenvalue weighted by Crippen LogP contribution is -2.48. The zero-order valence-electron chi connectivity index (χ0n) is 16.6. The lowest BCUT2D eigenvalue weighted by molar-refractivity contribution is -0.120. The monoisotopic (exact) mass is 378 g/mol. The largest absolute Gasteiger partial charge is 0.388 e. The molecule has 0 radical (unpaired) electrons. The molecule has 148 valence electrons. The minimum Gasteiger partial charge on any atom is -0.388 e. The number of hydrogen-bond acceptors (Lipinski definition) is 3. The number of aryl methyl sites for hydroxylation is 1. The summed E-state index contributed by atoms with van der Waals surface area (Å²) in [6.45, 7) is 4.34. The molecule has 1 saturated heterocycles. The average Bonchev–Trinajstić information content (AvgIpc) is 2.74. The summed E-state index contributed by atoms with van der Waals surface area (Å²) in [4.78, 5) is 17.4. The molecule has 2 unspecified atom stereocenters. The van der Waals surface area contributed by atoms with Gasteiger partial charge in [0.25, 0.3) is 0 Å². The molecule has 4 nitrogen and oxygen atoms in total. The third-order valence-corrected chi connectivity index (χ3v) is 6.37. The molecular formula is C24H30N2O2. The first-order valence-corrected chi connectivity index (χ1v) is 10.5. The highest BCUT2D eigenvalue weighted by molar-refractivity contribution is 5.96. The molecule has 4 rings (SSSR count). The summed E-state index contributed by atoms with van der Waals surface area (Å²) < 4.78 is 0. The van der Waals surface area contributed by atoms with E-state index in [-0.39, 0.29) is 17.9 Å². The Bertz CT molecular complexity index is 799. The van der Waals surface area contributed by atoms with Gasteiger partial charge in [-0.3, -0.25) is 9.69 Å². The molecule has 0 aliphatic carbocycles. The molecule has 2 aromatic carbocycles. The molecule has 1 amide bonds. The second-order valence-electron chi connectivity index (χ2n) is 8.25. The Balaban J connectivity index is 1.36. The first kappa shape index (κ1) is 19.2. The Morgan fingerprint density at radius 2 is 1.71 bits per heavy atom. The molecule has 1 fully saturated rings. The highest BCUT2D eigenvalue weighted by Crippen LogP contribution is 2.32. The van der Waals surface area contributed by atoms with Gasteiger partial charge in [0, 0.05) is 11.7 Å². The number of benzene rings is 2. The minimum absolute atomic E-state index is 0.196. The maximum absolute atomic E-state index is 13.1. The predicted octanol–water partition coefficient (Wildman–Crippen LogP) is 3.80. The maximum atomic E-state index is 13.1. The van der Waals surface area contributed by atoms with Crippen LogP contribution in [0.15, 0.2) is 54.6 Å². The van der Waals surface area contributed by atoms with Gasteiger partial charge >= 0.3 is 0 Å². The van der Waals surface area contributed by atoms with E-state index >= 15 is 0 Å². The average molecular weight is 379 g/mol. The van der Waals surface area contributed by atoms with Crippen LogP contribution in [0.5, 0.6) is 0 Å². The number of fused-ring (bicyclic) bond motifs is 1. The Morgan fingerprint density at radius 3 is 2.46 bits per heavy atom. The number of aliphatic hydroxyl groups excluding tert-OH is 1. The summed E-state index contributed by atoms with van der Waals surface area (Å²) in [6.07, 6.45) is 3.51. The fourth-order valence-electron chi connectivity index (χ4n) is 4.68. The van der Waals surface area contributed by atoms with Crippen LogP contribution in [-0.2, 0) is 11.2 Å². The maximum Gasteiger partial charge on any atom is 0.241 e. The van der Waals surface area contributed by atoms with E-state index in [0.29, 0.717) is 6.54 Å². The molecule has 28 heavy (non-hydrogen) atoms. The third-order valence-electron chi connectivity index (χ3n) is 6.37. The number of likely N-dealkylation sites (tertiary alicyclic amines) is 1. The van der Waals surface area contributed by atoms with Crippen molar-refractivity contribution in [2.45, 2.75) is 44.8 Å². The number of carbonyl (C=O) groups is 1. The molecule has 0 bridgehead atoms. The first-order chi connectivity index (χ1) is 13.6. The van der Waals surface area contributed by atoms with E-state index in [1.165, 1.54) is 5.56 Å². The Hall–Kier alpha value is -2.17. The molecule has 0 saturated carbocycles. The zero-order valence-corrected chi connectivity index (χ0v) is 16.6. The fraction of sp³-hybridized carbons (Fsp3) is 0.458. The van der Waals surface area contributed by atoms with Gasteiger partial charge in [-0.2, -0.15) is 0 Å². The number of aliphatic hydroxyl groups is 1. The van der Waals surface area contributed by atoms with Crippen LogP contribution in [0, 0.1) is 5.92 Å². The van der Waals surface area contributed by atoms with Crippen LogP contribution >= 0.6 is 0 Å². The number of hydrogen-bond donors (Lipinski definition) is 1. The molecule has 2 aliphatic rings. The summed E-state index contributed by atoms with van der Waals surface area (Å²) in [5, 5.41) is 10.7. The molecule has 2 aliphatic heterocycles. The van der Waals surface area contributed by atoms with E-state index in [0.717, 1.165) is 50.0 Å². The number of piperidine rings is 1. The van der Waals surface area contributed by atoms with E-state index in [9.17, 15) is 9.90 Å². The molecule has 0 spiro atoms. The molecule has 2 atom stereocenters. The normalized spacial score (nSPS) is 21.9. The second-order valence-corrected chi connectivity index (χ2v) is 8.25. The molecule has 1 N–H and O–H groups in total. The summed E-state index contributed by atoms with van der Waals surface area (Å²) >= 11 is 0. The Kier molecular flexibility index (Phi) is 5.79. The molecule has 2 aromatic rings. The fourth-order valence-corrected chi connectivity index (χ4v) is 4.68. The highest BCUT2D eigenvalue weighted by Gasteiger charge is 2.31. The van der Waals surface area contributed by atoms with Crippen molar-refractivity contribution < 1.29 is 9.90 Å². The summed E-state index contributed by atoms with van der Waals surface area (Å²) in [5.74, 6) is 0.463. The lowest BCUT2D eigenvalue weighted by atomic mass is 9.87. The van der Waals surface area contributed by atoms with Crippen LogP contribution in [-0.4, -0.2) is 41.6 Å². The van der Waals surface area contributed by atoms with Crippen molar-refractivity contribution in [3.63, 3.8) is 0 Å². The first-order valence-electron chi connectivity index (χ1n) is 10.5. The quantitative estimate of drug-likeness (QED) is 0.880. The molecular weight excluding hydrogens is 348 g/mol. The van der Waals surface area contributed by atoms with Crippen molar-refractivity contribution >= 4 is 11.6 Å². The molecule has 0 aromatic heterocycles. The highest BCUT2D eigenvalue weighted by atomic mass is 16.3. The van der Waals surface area contributed by atoms with E-state index in [4.69, 9.17) is 0 Å². The van der Waals surface area contributed by atoms with Crippen LogP contribution in [0.3, 0.4) is 0 Å². The van der Waals surface area contributed by atoms with Gasteiger partial charge in [-0.1, -0.05) is 48.5 Å². The lowest BCUT2D eigenvalue weighted by Gasteiger charge is -2.38. The van der Waals surface area contributed by atoms with Gasteiger partial charge in [0.1, 0.15) is 0 Å². The topological polar surface area (TPSA) is 43.8 Å². The smallest absolute Gasteiger partial charge is 0.241 e. The van der Waals surface area contributed by atoms with Crippen molar-refractivity contribution in [2.75, 3.05) is 24.5 Å². The van der Waals surface area contributed by atoms with Crippen LogP contribution in [0.1, 0.15) is 43.4 Å². The van der Waals surface area contributed by atoms with Crippen molar-refractivity contribution in [1.82, 2.24) is 4.90 Å².